The highest BCUT2D eigenvalue weighted by Gasteiger charge is 2.36. The number of nitrogens with one attached hydrogen (secondary N) is 2. The van der Waals surface area contributed by atoms with E-state index in [1.165, 1.54) is 19.9 Å². The van der Waals surface area contributed by atoms with Gasteiger partial charge in [-0.25, -0.2) is 8.78 Å². The molecule has 0 spiro atoms. The summed E-state index contributed by atoms with van der Waals surface area (Å²) in [6.45, 7) is 6.69. The fourth-order valence-electron chi connectivity index (χ4n) is 1.47. The van der Waals surface area contributed by atoms with Gasteiger partial charge < -0.3 is 10.6 Å². The Morgan fingerprint density at radius 3 is 2.33 bits per heavy atom. The topological polar surface area (TPSA) is 58.2 Å². The van der Waals surface area contributed by atoms with Crippen LogP contribution in [0.5, 0.6) is 0 Å². The van der Waals surface area contributed by atoms with E-state index in [0.29, 0.717) is 0 Å². The lowest BCUT2D eigenvalue weighted by atomic mass is 9.90. The van der Waals surface area contributed by atoms with Crippen molar-refractivity contribution in [1.82, 2.24) is 5.32 Å². The second kappa shape index (κ2) is 6.65. The standard InChI is InChI=1S/C15H20F2N2O2/c1-5-9(2)18-13(20)15(3,4)14(21)19-10-6-7-11(16)12(17)8-10/h6-9H,5H2,1-4H3,(H,18,20)(H,19,21). The van der Waals surface area contributed by atoms with Crippen LogP contribution in [-0.4, -0.2) is 17.9 Å². The first-order chi connectivity index (χ1) is 9.68. The van der Waals surface area contributed by atoms with Crippen molar-refractivity contribution >= 4 is 17.5 Å². The van der Waals surface area contributed by atoms with Gasteiger partial charge in [0.25, 0.3) is 0 Å². The number of amides is 2. The predicted octanol–water partition coefficient (Wildman–Crippen LogP) is 2.84. The minimum atomic E-state index is -1.33. The van der Waals surface area contributed by atoms with E-state index >= 15 is 0 Å². The van der Waals surface area contributed by atoms with Crippen molar-refractivity contribution in [2.75, 3.05) is 5.32 Å². The molecule has 1 atom stereocenters. The molecule has 1 aromatic rings. The molecule has 116 valence electrons. The molecule has 4 nitrogen and oxygen atoms in total. The fraction of sp³-hybridized carbons (Fsp3) is 0.467. The fourth-order valence-corrected chi connectivity index (χ4v) is 1.47. The maximum absolute atomic E-state index is 13.1. The van der Waals surface area contributed by atoms with Gasteiger partial charge in [-0.3, -0.25) is 9.59 Å². The summed E-state index contributed by atoms with van der Waals surface area (Å²) in [5.74, 6) is -3.07. The van der Waals surface area contributed by atoms with Gasteiger partial charge in [0.2, 0.25) is 11.8 Å². The Morgan fingerprint density at radius 2 is 1.81 bits per heavy atom. The Morgan fingerprint density at radius 1 is 1.19 bits per heavy atom. The van der Waals surface area contributed by atoms with Crippen LogP contribution in [0.25, 0.3) is 0 Å². The molecular weight excluding hydrogens is 278 g/mol. The van der Waals surface area contributed by atoms with Gasteiger partial charge in [0.15, 0.2) is 11.6 Å². The number of hydrogen-bond donors (Lipinski definition) is 2. The highest BCUT2D eigenvalue weighted by atomic mass is 19.2. The van der Waals surface area contributed by atoms with E-state index in [9.17, 15) is 18.4 Å². The van der Waals surface area contributed by atoms with E-state index in [4.69, 9.17) is 0 Å². The smallest absolute Gasteiger partial charge is 0.239 e. The summed E-state index contributed by atoms with van der Waals surface area (Å²) < 4.78 is 25.9. The number of benzene rings is 1. The van der Waals surface area contributed by atoms with Crippen LogP contribution < -0.4 is 10.6 Å². The van der Waals surface area contributed by atoms with Crippen molar-refractivity contribution in [2.45, 2.75) is 40.2 Å². The molecule has 2 N–H and O–H groups in total. The number of hydrogen-bond acceptors (Lipinski definition) is 2. The second-order valence-electron chi connectivity index (χ2n) is 5.49. The largest absolute Gasteiger partial charge is 0.353 e. The Balaban J connectivity index is 2.81. The van der Waals surface area contributed by atoms with Crippen molar-refractivity contribution in [3.8, 4) is 0 Å². The van der Waals surface area contributed by atoms with Crippen LogP contribution in [0.4, 0.5) is 14.5 Å². The lowest BCUT2D eigenvalue weighted by Gasteiger charge is -2.24. The molecule has 0 aliphatic rings. The first-order valence-corrected chi connectivity index (χ1v) is 6.76. The summed E-state index contributed by atoms with van der Waals surface area (Å²) in [4.78, 5) is 24.2. The summed E-state index contributed by atoms with van der Waals surface area (Å²) in [5.41, 5.74) is -1.22. The lowest BCUT2D eigenvalue weighted by Crippen LogP contribution is -2.47. The maximum atomic E-state index is 13.1. The molecule has 0 aromatic heterocycles. The van der Waals surface area contributed by atoms with Crippen molar-refractivity contribution in [3.63, 3.8) is 0 Å². The molecule has 1 rings (SSSR count). The lowest BCUT2D eigenvalue weighted by molar-refractivity contribution is -0.138. The molecule has 0 saturated carbocycles. The van der Waals surface area contributed by atoms with E-state index in [1.54, 1.807) is 0 Å². The van der Waals surface area contributed by atoms with Gasteiger partial charge in [-0.15, -0.1) is 0 Å². The molecule has 1 unspecified atom stereocenters. The summed E-state index contributed by atoms with van der Waals surface area (Å²) in [5, 5.41) is 5.14. The van der Waals surface area contributed by atoms with E-state index in [0.717, 1.165) is 18.6 Å². The first kappa shape index (κ1) is 17.1. The van der Waals surface area contributed by atoms with Crippen LogP contribution in [-0.2, 0) is 9.59 Å². The Bertz CT molecular complexity index is 544. The molecule has 1 aromatic carbocycles. The first-order valence-electron chi connectivity index (χ1n) is 6.76. The Hall–Kier alpha value is -1.98. The molecule has 0 aliphatic heterocycles. The van der Waals surface area contributed by atoms with Crippen molar-refractivity contribution in [3.05, 3.63) is 29.8 Å². The van der Waals surface area contributed by atoms with E-state index in [1.807, 2.05) is 13.8 Å². The van der Waals surface area contributed by atoms with Gasteiger partial charge in [0, 0.05) is 17.8 Å². The number of rotatable bonds is 5. The average Bonchev–Trinajstić information content (AvgIpc) is 2.42. The van der Waals surface area contributed by atoms with Crippen LogP contribution >= 0.6 is 0 Å². The van der Waals surface area contributed by atoms with Gasteiger partial charge in [-0.05, 0) is 39.3 Å². The Kier molecular flexibility index (Phi) is 5.41. The van der Waals surface area contributed by atoms with E-state index in [2.05, 4.69) is 10.6 Å². The molecule has 0 saturated heterocycles. The van der Waals surface area contributed by atoms with Gasteiger partial charge >= 0.3 is 0 Å². The van der Waals surface area contributed by atoms with Gasteiger partial charge in [0.05, 0.1) is 0 Å². The van der Waals surface area contributed by atoms with Crippen LogP contribution in [0, 0.1) is 17.0 Å². The SMILES string of the molecule is CCC(C)NC(=O)C(C)(C)C(=O)Nc1ccc(F)c(F)c1. The highest BCUT2D eigenvalue weighted by Crippen LogP contribution is 2.20. The molecule has 0 radical (unpaired) electrons. The summed E-state index contributed by atoms with van der Waals surface area (Å²) in [7, 11) is 0. The maximum Gasteiger partial charge on any atom is 0.239 e. The van der Waals surface area contributed by atoms with E-state index in [-0.39, 0.29) is 11.7 Å². The summed E-state index contributed by atoms with van der Waals surface area (Å²) in [6.07, 6.45) is 0.743. The molecule has 6 heteroatoms. The quantitative estimate of drug-likeness (QED) is 0.821. The number of halogens is 2. The van der Waals surface area contributed by atoms with Gasteiger partial charge in [0.1, 0.15) is 5.41 Å². The molecule has 21 heavy (non-hydrogen) atoms. The third-order valence-corrected chi connectivity index (χ3v) is 3.30. The number of carbonyl (C=O) groups excluding carboxylic acids is 2. The Labute approximate surface area is 122 Å². The van der Waals surface area contributed by atoms with Gasteiger partial charge in [-0.1, -0.05) is 6.92 Å². The van der Waals surface area contributed by atoms with Crippen molar-refractivity contribution in [2.24, 2.45) is 5.41 Å². The minimum Gasteiger partial charge on any atom is -0.353 e. The van der Waals surface area contributed by atoms with Crippen LogP contribution in [0.2, 0.25) is 0 Å². The van der Waals surface area contributed by atoms with Crippen molar-refractivity contribution < 1.29 is 18.4 Å². The third kappa shape index (κ3) is 4.24. The molecular formula is C15H20F2N2O2. The van der Waals surface area contributed by atoms with Crippen LogP contribution in [0.1, 0.15) is 34.1 Å². The van der Waals surface area contributed by atoms with E-state index < -0.39 is 28.9 Å². The number of carbonyl (C=O) groups is 2. The zero-order valence-electron chi connectivity index (χ0n) is 12.6. The third-order valence-electron chi connectivity index (χ3n) is 3.30. The normalized spacial score (nSPS) is 12.7. The average molecular weight is 298 g/mol. The molecule has 0 heterocycles. The molecule has 0 aliphatic carbocycles. The van der Waals surface area contributed by atoms with Crippen molar-refractivity contribution in [1.29, 1.82) is 0 Å². The highest BCUT2D eigenvalue weighted by molar-refractivity contribution is 6.09. The summed E-state index contributed by atoms with van der Waals surface area (Å²) in [6, 6.07) is 2.97. The minimum absolute atomic E-state index is 0.0483. The van der Waals surface area contributed by atoms with Crippen LogP contribution in [0.15, 0.2) is 18.2 Å². The van der Waals surface area contributed by atoms with Gasteiger partial charge in [-0.2, -0.15) is 0 Å². The summed E-state index contributed by atoms with van der Waals surface area (Å²) >= 11 is 0. The zero-order valence-corrected chi connectivity index (χ0v) is 12.6. The number of anilines is 1. The van der Waals surface area contributed by atoms with Crippen LogP contribution in [0.3, 0.4) is 0 Å². The second-order valence-corrected chi connectivity index (χ2v) is 5.49. The zero-order chi connectivity index (χ0) is 16.2. The predicted molar refractivity (Wildman–Crippen MR) is 76.7 cm³/mol. The molecule has 0 fully saturated rings. The monoisotopic (exact) mass is 298 g/mol. The molecule has 0 bridgehead atoms. The molecule has 2 amide bonds.